The normalized spacial score (nSPS) is 12.3. The molecule has 0 fully saturated rings. The molecule has 3 N–H and O–H groups in total. The van der Waals surface area contributed by atoms with E-state index in [4.69, 9.17) is 4.74 Å². The lowest BCUT2D eigenvalue weighted by molar-refractivity contribution is 0.0816. The van der Waals surface area contributed by atoms with Gasteiger partial charge in [-0.25, -0.2) is 13.6 Å². The highest BCUT2D eigenvalue weighted by atomic mass is 19.3. The second-order valence-corrected chi connectivity index (χ2v) is 5.66. The molecule has 23 heavy (non-hydrogen) atoms. The van der Waals surface area contributed by atoms with Gasteiger partial charge in [0.05, 0.1) is 6.10 Å². The number of hydrogen-bond acceptors (Lipinski definition) is 3. The Bertz CT molecular complexity index is 510. The highest BCUT2D eigenvalue weighted by Crippen LogP contribution is 2.23. The molecule has 1 aromatic rings. The van der Waals surface area contributed by atoms with Gasteiger partial charge in [0.1, 0.15) is 12.4 Å². The lowest BCUT2D eigenvalue weighted by atomic mass is 10.0. The van der Waals surface area contributed by atoms with E-state index < -0.39 is 25.2 Å². The first-order valence-electron chi connectivity index (χ1n) is 7.54. The fraction of sp³-hybridized carbons (Fsp3) is 0.562. The molecule has 0 aliphatic heterocycles. The maximum absolute atomic E-state index is 12.2. The van der Waals surface area contributed by atoms with Crippen molar-refractivity contribution in [3.8, 4) is 5.75 Å². The fourth-order valence-electron chi connectivity index (χ4n) is 1.83. The number of halogens is 2. The number of anilines is 1. The maximum Gasteiger partial charge on any atom is 0.319 e. The highest BCUT2D eigenvalue weighted by Gasteiger charge is 2.11. The van der Waals surface area contributed by atoms with E-state index >= 15 is 0 Å². The van der Waals surface area contributed by atoms with Crippen molar-refractivity contribution in [1.82, 2.24) is 5.32 Å². The zero-order valence-corrected chi connectivity index (χ0v) is 13.6. The van der Waals surface area contributed by atoms with Crippen LogP contribution in [-0.2, 0) is 0 Å². The molecular formula is C16H24F2N2O3. The van der Waals surface area contributed by atoms with Gasteiger partial charge in [0.25, 0.3) is 6.43 Å². The van der Waals surface area contributed by atoms with Crippen molar-refractivity contribution in [2.75, 3.05) is 18.5 Å². The van der Waals surface area contributed by atoms with E-state index in [2.05, 4.69) is 10.6 Å². The van der Waals surface area contributed by atoms with E-state index in [0.29, 0.717) is 30.0 Å². The van der Waals surface area contributed by atoms with Crippen LogP contribution in [0.25, 0.3) is 0 Å². The molecule has 0 spiro atoms. The quantitative estimate of drug-likeness (QED) is 0.686. The first kappa shape index (κ1) is 19.2. The summed E-state index contributed by atoms with van der Waals surface area (Å²) >= 11 is 0. The Morgan fingerprint density at radius 2 is 2.04 bits per heavy atom. The minimum Gasteiger partial charge on any atom is -0.487 e. The number of amides is 2. The molecule has 0 aliphatic carbocycles. The number of ether oxygens (including phenoxy) is 1. The van der Waals surface area contributed by atoms with Gasteiger partial charge < -0.3 is 20.5 Å². The topological polar surface area (TPSA) is 70.6 Å². The summed E-state index contributed by atoms with van der Waals surface area (Å²) in [4.78, 5) is 11.8. The largest absolute Gasteiger partial charge is 0.487 e. The molecule has 0 saturated carbocycles. The lowest BCUT2D eigenvalue weighted by Gasteiger charge is -2.15. The number of nitrogens with one attached hydrogen (secondary N) is 2. The molecule has 0 heterocycles. The summed E-state index contributed by atoms with van der Waals surface area (Å²) in [5.41, 5.74) is 1.15. The van der Waals surface area contributed by atoms with Crippen molar-refractivity contribution < 1.29 is 23.4 Å². The van der Waals surface area contributed by atoms with Crippen LogP contribution >= 0.6 is 0 Å². The minimum absolute atomic E-state index is 0.131. The third-order valence-electron chi connectivity index (χ3n) is 3.31. The van der Waals surface area contributed by atoms with Crippen LogP contribution in [0.5, 0.6) is 5.75 Å². The summed E-state index contributed by atoms with van der Waals surface area (Å²) in [7, 11) is 0. The van der Waals surface area contributed by atoms with E-state index in [0.717, 1.165) is 0 Å². The Labute approximate surface area is 135 Å². The van der Waals surface area contributed by atoms with Crippen LogP contribution in [0.4, 0.5) is 19.3 Å². The maximum atomic E-state index is 12.2. The van der Waals surface area contributed by atoms with Gasteiger partial charge in [-0.3, -0.25) is 0 Å². The number of aryl methyl sites for hydroxylation is 1. The number of carbonyl (C=O) groups is 1. The average Bonchev–Trinajstić information content (AvgIpc) is 2.47. The third kappa shape index (κ3) is 7.27. The van der Waals surface area contributed by atoms with Crippen LogP contribution in [0.3, 0.4) is 0 Å². The Hall–Kier alpha value is -1.89. The van der Waals surface area contributed by atoms with Crippen molar-refractivity contribution >= 4 is 11.7 Å². The first-order chi connectivity index (χ1) is 10.8. The Kier molecular flexibility index (Phi) is 7.74. The number of hydrogen-bond donors (Lipinski definition) is 3. The number of aliphatic hydroxyl groups excluding tert-OH is 1. The van der Waals surface area contributed by atoms with Gasteiger partial charge in [0.2, 0.25) is 0 Å². The summed E-state index contributed by atoms with van der Waals surface area (Å²) in [6.07, 6.45) is -2.56. The van der Waals surface area contributed by atoms with Gasteiger partial charge in [0.15, 0.2) is 0 Å². The molecule has 0 radical (unpaired) electrons. The summed E-state index contributed by atoms with van der Waals surface area (Å²) in [6, 6.07) is 4.41. The predicted molar refractivity (Wildman–Crippen MR) is 85.2 cm³/mol. The van der Waals surface area contributed by atoms with Gasteiger partial charge in [-0.15, -0.1) is 0 Å². The molecule has 0 saturated heterocycles. The van der Waals surface area contributed by atoms with Crippen molar-refractivity contribution in [3.05, 3.63) is 23.8 Å². The van der Waals surface area contributed by atoms with Gasteiger partial charge >= 0.3 is 6.03 Å². The van der Waals surface area contributed by atoms with Crippen LogP contribution in [0, 0.1) is 12.8 Å². The van der Waals surface area contributed by atoms with Gasteiger partial charge in [-0.2, -0.15) is 0 Å². The van der Waals surface area contributed by atoms with Gasteiger partial charge in [0, 0.05) is 18.3 Å². The molecule has 2 amide bonds. The molecule has 1 rings (SSSR count). The van der Waals surface area contributed by atoms with Crippen LogP contribution in [-0.4, -0.2) is 36.8 Å². The van der Waals surface area contributed by atoms with E-state index in [1.54, 1.807) is 19.1 Å². The summed E-state index contributed by atoms with van der Waals surface area (Å²) < 4.78 is 29.4. The average molecular weight is 330 g/mol. The third-order valence-corrected chi connectivity index (χ3v) is 3.31. The SMILES string of the molecule is Cc1ccc(NC(=O)NCCC(O)C(C)C)cc1OCC(F)F. The van der Waals surface area contributed by atoms with E-state index in [1.807, 2.05) is 13.8 Å². The number of rotatable bonds is 8. The molecule has 130 valence electrons. The van der Waals surface area contributed by atoms with E-state index in [-0.39, 0.29) is 5.92 Å². The Morgan fingerprint density at radius 3 is 2.65 bits per heavy atom. The van der Waals surface area contributed by atoms with Crippen molar-refractivity contribution in [1.29, 1.82) is 0 Å². The van der Waals surface area contributed by atoms with Gasteiger partial charge in [-0.1, -0.05) is 19.9 Å². The predicted octanol–water partition coefficient (Wildman–Crippen LogP) is 3.17. The highest BCUT2D eigenvalue weighted by molar-refractivity contribution is 5.89. The van der Waals surface area contributed by atoms with Crippen molar-refractivity contribution in [2.24, 2.45) is 5.92 Å². The zero-order chi connectivity index (χ0) is 17.4. The molecule has 5 nitrogen and oxygen atoms in total. The Morgan fingerprint density at radius 1 is 1.35 bits per heavy atom. The van der Waals surface area contributed by atoms with Crippen LogP contribution < -0.4 is 15.4 Å². The van der Waals surface area contributed by atoms with Crippen LogP contribution in [0.15, 0.2) is 18.2 Å². The molecule has 1 atom stereocenters. The number of alkyl halides is 2. The fourth-order valence-corrected chi connectivity index (χ4v) is 1.83. The summed E-state index contributed by atoms with van der Waals surface area (Å²) in [6.45, 7) is 5.18. The minimum atomic E-state index is -2.55. The lowest BCUT2D eigenvalue weighted by Crippen LogP contribution is -2.32. The van der Waals surface area contributed by atoms with Gasteiger partial charge in [-0.05, 0) is 30.9 Å². The molecular weight excluding hydrogens is 306 g/mol. The second kappa shape index (κ2) is 9.29. The molecule has 1 aromatic carbocycles. The first-order valence-corrected chi connectivity index (χ1v) is 7.54. The monoisotopic (exact) mass is 330 g/mol. The molecule has 0 bridgehead atoms. The zero-order valence-electron chi connectivity index (χ0n) is 13.6. The van der Waals surface area contributed by atoms with Crippen molar-refractivity contribution in [2.45, 2.75) is 39.7 Å². The number of aliphatic hydroxyl groups is 1. The summed E-state index contributed by atoms with van der Waals surface area (Å²) in [5, 5.41) is 14.9. The molecule has 0 aliphatic rings. The van der Waals surface area contributed by atoms with Crippen molar-refractivity contribution in [3.63, 3.8) is 0 Å². The van der Waals surface area contributed by atoms with E-state index in [1.165, 1.54) is 6.07 Å². The molecule has 7 heteroatoms. The summed E-state index contributed by atoms with van der Waals surface area (Å²) in [5.74, 6) is 0.435. The molecule has 0 aromatic heterocycles. The van der Waals surface area contributed by atoms with Crippen LogP contribution in [0.1, 0.15) is 25.8 Å². The Balaban J connectivity index is 2.49. The van der Waals surface area contributed by atoms with Crippen LogP contribution in [0.2, 0.25) is 0 Å². The molecule has 1 unspecified atom stereocenters. The number of carbonyl (C=O) groups excluding carboxylic acids is 1. The number of benzene rings is 1. The standard InChI is InChI=1S/C16H24F2N2O3/c1-10(2)13(21)6-7-19-16(22)20-12-5-4-11(3)14(8-12)23-9-15(17)18/h4-5,8,10,13,15,21H,6-7,9H2,1-3H3,(H2,19,20,22). The number of urea groups is 1. The second-order valence-electron chi connectivity index (χ2n) is 5.66. The smallest absolute Gasteiger partial charge is 0.319 e. The van der Waals surface area contributed by atoms with E-state index in [9.17, 15) is 18.7 Å².